The van der Waals surface area contributed by atoms with Gasteiger partial charge in [-0.3, -0.25) is 4.79 Å². The highest BCUT2D eigenvalue weighted by atomic mass is 32.2. The zero-order valence-corrected chi connectivity index (χ0v) is 16.0. The lowest BCUT2D eigenvalue weighted by Crippen LogP contribution is -2.28. The van der Waals surface area contributed by atoms with Crippen molar-refractivity contribution in [3.05, 3.63) is 59.7 Å². The van der Waals surface area contributed by atoms with Crippen LogP contribution in [0, 0.1) is 0 Å². The molecule has 0 aromatic heterocycles. The van der Waals surface area contributed by atoms with E-state index in [0.717, 1.165) is 5.56 Å². The van der Waals surface area contributed by atoms with Crippen molar-refractivity contribution >= 4 is 15.9 Å². The molecule has 0 saturated carbocycles. The minimum absolute atomic E-state index is 0.0405. The molecule has 6 nitrogen and oxygen atoms in total. The maximum atomic E-state index is 12.6. The first-order valence-corrected chi connectivity index (χ1v) is 9.99. The highest BCUT2D eigenvalue weighted by molar-refractivity contribution is 7.89. The molecule has 0 unspecified atom stereocenters. The van der Waals surface area contributed by atoms with E-state index in [9.17, 15) is 13.2 Å². The first-order valence-electron chi connectivity index (χ1n) is 8.51. The Bertz CT molecular complexity index is 851. The smallest absolute Gasteiger partial charge is 0.251 e. The Morgan fingerprint density at radius 2 is 1.81 bits per heavy atom. The predicted octanol–water partition coefficient (Wildman–Crippen LogP) is 2.87. The maximum absolute atomic E-state index is 12.6. The Labute approximate surface area is 154 Å². The van der Waals surface area contributed by atoms with Crippen LogP contribution in [0.1, 0.15) is 42.7 Å². The van der Waals surface area contributed by atoms with E-state index < -0.39 is 10.0 Å². The summed E-state index contributed by atoms with van der Waals surface area (Å²) >= 11 is 0. The third-order valence-electron chi connectivity index (χ3n) is 3.78. The number of sulfonamides is 1. The fourth-order valence-electron chi connectivity index (χ4n) is 2.51. The highest BCUT2D eigenvalue weighted by Crippen LogP contribution is 2.25. The largest absolute Gasteiger partial charge is 0.492 e. The number of nitrogens with one attached hydrogen (secondary N) is 2. The Morgan fingerprint density at radius 3 is 2.42 bits per heavy atom. The van der Waals surface area contributed by atoms with Crippen molar-refractivity contribution in [2.45, 2.75) is 31.7 Å². The second-order valence-corrected chi connectivity index (χ2v) is 7.44. The second kappa shape index (κ2) is 8.82. The number of carbonyl (C=O) groups excluding carboxylic acids is 1. The van der Waals surface area contributed by atoms with Gasteiger partial charge in [0.1, 0.15) is 10.6 Å². The number of carbonyl (C=O) groups is 1. The van der Waals surface area contributed by atoms with Crippen LogP contribution in [0.5, 0.6) is 5.75 Å². The van der Waals surface area contributed by atoms with Crippen LogP contribution < -0.4 is 14.8 Å². The third kappa shape index (κ3) is 4.83. The molecule has 2 N–H and O–H groups in total. The van der Waals surface area contributed by atoms with E-state index in [4.69, 9.17) is 4.74 Å². The number of ether oxygens (including phenoxy) is 1. The van der Waals surface area contributed by atoms with Crippen LogP contribution >= 0.6 is 0 Å². The molecule has 7 heteroatoms. The van der Waals surface area contributed by atoms with Crippen LogP contribution in [0.4, 0.5) is 0 Å². The van der Waals surface area contributed by atoms with E-state index in [-0.39, 0.29) is 34.7 Å². The topological polar surface area (TPSA) is 84.5 Å². The van der Waals surface area contributed by atoms with Gasteiger partial charge in [-0.05, 0) is 37.6 Å². The summed E-state index contributed by atoms with van der Waals surface area (Å²) in [5.74, 6) is -0.126. The molecular weight excluding hydrogens is 352 g/mol. The van der Waals surface area contributed by atoms with Crippen molar-refractivity contribution < 1.29 is 17.9 Å². The summed E-state index contributed by atoms with van der Waals surface area (Å²) in [5, 5.41) is 2.88. The molecule has 2 aromatic carbocycles. The quantitative estimate of drug-likeness (QED) is 0.742. The zero-order valence-electron chi connectivity index (χ0n) is 15.2. The van der Waals surface area contributed by atoms with E-state index in [1.54, 1.807) is 19.9 Å². The SMILES string of the molecule is CCNS(=O)(=O)c1cc(C(=O)N[C@@H](C)c2ccccc2)ccc1OCC. The molecule has 0 spiro atoms. The number of rotatable bonds is 8. The average molecular weight is 376 g/mol. The molecule has 2 rings (SSSR count). The lowest BCUT2D eigenvalue weighted by molar-refractivity contribution is 0.0939. The van der Waals surface area contributed by atoms with Crippen molar-refractivity contribution in [1.29, 1.82) is 0 Å². The molecule has 140 valence electrons. The first kappa shape index (κ1) is 19.9. The van der Waals surface area contributed by atoms with Gasteiger partial charge in [0.25, 0.3) is 5.91 Å². The minimum atomic E-state index is -3.75. The number of hydrogen-bond acceptors (Lipinski definition) is 4. The van der Waals surface area contributed by atoms with E-state index in [2.05, 4.69) is 10.0 Å². The zero-order chi connectivity index (χ0) is 19.2. The molecule has 2 aromatic rings. The fourth-order valence-corrected chi connectivity index (χ4v) is 3.72. The lowest BCUT2D eigenvalue weighted by atomic mass is 10.1. The van der Waals surface area contributed by atoms with Gasteiger partial charge in [-0.25, -0.2) is 13.1 Å². The van der Waals surface area contributed by atoms with Crippen molar-refractivity contribution in [3.63, 3.8) is 0 Å². The molecule has 0 aliphatic heterocycles. The van der Waals surface area contributed by atoms with Gasteiger partial charge in [0, 0.05) is 12.1 Å². The standard InChI is InChI=1S/C19H24N2O4S/c1-4-20-26(23,24)18-13-16(11-12-17(18)25-5-2)19(22)21-14(3)15-9-7-6-8-10-15/h6-14,20H,4-5H2,1-3H3,(H,21,22)/t14-/m0/s1. The molecule has 0 saturated heterocycles. The van der Waals surface area contributed by atoms with E-state index in [0.29, 0.717) is 6.61 Å². The highest BCUT2D eigenvalue weighted by Gasteiger charge is 2.21. The summed E-state index contributed by atoms with van der Waals surface area (Å²) in [7, 11) is -3.75. The van der Waals surface area contributed by atoms with Gasteiger partial charge >= 0.3 is 0 Å². The van der Waals surface area contributed by atoms with Crippen LogP contribution in [-0.2, 0) is 10.0 Å². The molecular formula is C19H24N2O4S. The number of amides is 1. The van der Waals surface area contributed by atoms with Gasteiger partial charge in [-0.1, -0.05) is 37.3 Å². The third-order valence-corrected chi connectivity index (χ3v) is 5.34. The summed E-state index contributed by atoms with van der Waals surface area (Å²) in [6.45, 7) is 5.90. The predicted molar refractivity (Wildman–Crippen MR) is 101 cm³/mol. The van der Waals surface area contributed by atoms with E-state index in [1.165, 1.54) is 12.1 Å². The van der Waals surface area contributed by atoms with Crippen LogP contribution in [0.3, 0.4) is 0 Å². The summed E-state index contributed by atoms with van der Waals surface area (Å²) in [4.78, 5) is 12.5. The first-order chi connectivity index (χ1) is 12.4. The van der Waals surface area contributed by atoms with Crippen molar-refractivity contribution in [3.8, 4) is 5.75 Å². The molecule has 0 aliphatic carbocycles. The van der Waals surface area contributed by atoms with Crippen LogP contribution in [-0.4, -0.2) is 27.5 Å². The summed E-state index contributed by atoms with van der Waals surface area (Å²) in [5.41, 5.74) is 1.22. The van der Waals surface area contributed by atoms with Crippen LogP contribution in [0.15, 0.2) is 53.4 Å². The Hall–Kier alpha value is -2.38. The van der Waals surface area contributed by atoms with Gasteiger partial charge in [-0.15, -0.1) is 0 Å². The molecule has 26 heavy (non-hydrogen) atoms. The molecule has 0 aliphatic rings. The fraction of sp³-hybridized carbons (Fsp3) is 0.316. The molecule has 1 amide bonds. The van der Waals surface area contributed by atoms with Gasteiger partial charge in [0.15, 0.2) is 0 Å². The molecule has 1 atom stereocenters. The van der Waals surface area contributed by atoms with E-state index >= 15 is 0 Å². The Balaban J connectivity index is 2.30. The van der Waals surface area contributed by atoms with Gasteiger partial charge < -0.3 is 10.1 Å². The number of benzene rings is 2. The molecule has 0 bridgehead atoms. The summed E-state index contributed by atoms with van der Waals surface area (Å²) in [6, 6.07) is 13.8. The van der Waals surface area contributed by atoms with Gasteiger partial charge in [0.2, 0.25) is 10.0 Å². The normalized spacial score (nSPS) is 12.4. The van der Waals surface area contributed by atoms with E-state index in [1.807, 2.05) is 37.3 Å². The average Bonchev–Trinajstić information content (AvgIpc) is 2.62. The van der Waals surface area contributed by atoms with Crippen molar-refractivity contribution in [1.82, 2.24) is 10.0 Å². The maximum Gasteiger partial charge on any atom is 0.251 e. The Morgan fingerprint density at radius 1 is 1.12 bits per heavy atom. The molecule has 0 heterocycles. The van der Waals surface area contributed by atoms with Crippen LogP contribution in [0.25, 0.3) is 0 Å². The van der Waals surface area contributed by atoms with Gasteiger partial charge in [-0.2, -0.15) is 0 Å². The van der Waals surface area contributed by atoms with Gasteiger partial charge in [0.05, 0.1) is 12.6 Å². The van der Waals surface area contributed by atoms with Crippen molar-refractivity contribution in [2.24, 2.45) is 0 Å². The number of hydrogen-bond donors (Lipinski definition) is 2. The molecule has 0 fully saturated rings. The lowest BCUT2D eigenvalue weighted by Gasteiger charge is -2.16. The monoisotopic (exact) mass is 376 g/mol. The second-order valence-electron chi connectivity index (χ2n) is 5.70. The Kier molecular flexibility index (Phi) is 6.76. The summed E-state index contributed by atoms with van der Waals surface area (Å²) in [6.07, 6.45) is 0. The summed E-state index contributed by atoms with van der Waals surface area (Å²) < 4.78 is 32.7. The van der Waals surface area contributed by atoms with Crippen molar-refractivity contribution in [2.75, 3.05) is 13.2 Å². The minimum Gasteiger partial charge on any atom is -0.492 e. The van der Waals surface area contributed by atoms with Crippen LogP contribution in [0.2, 0.25) is 0 Å². The molecule has 0 radical (unpaired) electrons.